The van der Waals surface area contributed by atoms with Crippen LogP contribution in [0.1, 0.15) is 44.5 Å². The van der Waals surface area contributed by atoms with Crippen molar-refractivity contribution in [2.45, 2.75) is 10.8 Å². The number of hydrogen-bond donors (Lipinski definition) is 0. The van der Waals surface area contributed by atoms with Crippen molar-refractivity contribution in [3.05, 3.63) is 306 Å². The number of benzene rings is 10. The Morgan fingerprint density at radius 2 is 0.754 bits per heavy atom. The number of furan rings is 2. The van der Waals surface area contributed by atoms with Gasteiger partial charge >= 0.3 is 0 Å². The summed E-state index contributed by atoms with van der Waals surface area (Å²) in [5.74, 6) is 0. The van der Waals surface area contributed by atoms with Gasteiger partial charge in [-0.05, 0) is 127 Å². The van der Waals surface area contributed by atoms with Gasteiger partial charge in [-0.15, -0.1) is 0 Å². The average molecular weight is 882 g/mol. The van der Waals surface area contributed by atoms with E-state index in [0.717, 1.165) is 50.1 Å². The van der Waals surface area contributed by atoms with Gasteiger partial charge in [-0.25, -0.2) is 0 Å². The molecule has 0 N–H and O–H groups in total. The van der Waals surface area contributed by atoms with Crippen LogP contribution in [0.15, 0.2) is 270 Å². The molecule has 0 atom stereocenters. The summed E-state index contributed by atoms with van der Waals surface area (Å²) in [6, 6.07) is 91.2. The van der Waals surface area contributed by atoms with E-state index in [1.165, 1.54) is 66.8 Å². The first-order chi connectivity index (χ1) is 34.2. The van der Waals surface area contributed by atoms with E-state index in [-0.39, 0.29) is 0 Å². The van der Waals surface area contributed by atoms with E-state index < -0.39 is 10.8 Å². The van der Waals surface area contributed by atoms with Crippen molar-refractivity contribution in [1.82, 2.24) is 0 Å². The molecule has 2 aliphatic carbocycles. The van der Waals surface area contributed by atoms with Crippen LogP contribution < -0.4 is 4.90 Å². The zero-order valence-corrected chi connectivity index (χ0v) is 37.6. The van der Waals surface area contributed by atoms with E-state index in [1.807, 2.05) is 18.4 Å². The standard InChI is InChI=1S/C66H43NO2/c1-5-18-44(19-6-1)65(45-20-7-2-8-21-45)59-30-16-14-27-52(59)57-42-48(33-36-60(57)65)67(62-37-35-55(64-56(62)39-41-69-64)50-28-17-31-63-54(50)38-40-68-63)49-32-34-53-51-26-13-15-29-58(51)66(61(53)43-49,46-22-9-3-10-23-46)47-24-11-4-12-25-47/h1-43H. The number of anilines is 3. The van der Waals surface area contributed by atoms with Gasteiger partial charge in [0.2, 0.25) is 0 Å². The molecule has 14 rings (SSSR count). The maximum absolute atomic E-state index is 6.55. The Hall–Kier alpha value is -8.92. The van der Waals surface area contributed by atoms with Crippen LogP contribution >= 0.6 is 0 Å². The van der Waals surface area contributed by atoms with Crippen LogP contribution in [-0.4, -0.2) is 0 Å². The Labute approximate surface area is 400 Å². The Balaban J connectivity index is 1.05. The average Bonchev–Trinajstić information content (AvgIpc) is 4.23. The van der Waals surface area contributed by atoms with Crippen LogP contribution in [0.5, 0.6) is 0 Å². The largest absolute Gasteiger partial charge is 0.464 e. The molecular formula is C66H43NO2. The highest BCUT2D eigenvalue weighted by Crippen LogP contribution is 2.60. The fraction of sp³-hybridized carbons (Fsp3) is 0.0303. The Morgan fingerprint density at radius 3 is 1.39 bits per heavy atom. The van der Waals surface area contributed by atoms with Crippen molar-refractivity contribution in [2.75, 3.05) is 4.90 Å². The fourth-order valence-electron chi connectivity index (χ4n) is 12.3. The van der Waals surface area contributed by atoms with Gasteiger partial charge in [0, 0.05) is 27.7 Å². The second kappa shape index (κ2) is 15.3. The van der Waals surface area contributed by atoms with Crippen LogP contribution in [0, 0.1) is 0 Å². The van der Waals surface area contributed by atoms with Crippen molar-refractivity contribution >= 4 is 39.0 Å². The SMILES string of the molecule is c1ccc(C2(c3ccccc3)c3ccccc3-c3cc(N(c4ccc5c(c4)C(c4ccccc4)(c4ccccc4)c4ccccc4-5)c4ccc(-c5cccc6occc56)c5occc45)ccc32)cc1. The Bertz CT molecular complexity index is 3830. The number of rotatable bonds is 8. The number of nitrogens with zero attached hydrogens (tertiary/aromatic N) is 1. The highest BCUT2D eigenvalue weighted by Gasteiger charge is 2.48. The van der Waals surface area contributed by atoms with E-state index in [2.05, 4.69) is 241 Å². The maximum atomic E-state index is 6.55. The first-order valence-corrected chi connectivity index (χ1v) is 23.7. The zero-order valence-electron chi connectivity index (χ0n) is 37.6. The summed E-state index contributed by atoms with van der Waals surface area (Å²) in [5, 5.41) is 2.06. The molecule has 0 radical (unpaired) electrons. The van der Waals surface area contributed by atoms with Gasteiger partial charge in [0.15, 0.2) is 0 Å². The lowest BCUT2D eigenvalue weighted by Crippen LogP contribution is -2.29. The molecule has 324 valence electrons. The van der Waals surface area contributed by atoms with E-state index in [1.54, 1.807) is 6.26 Å². The predicted molar refractivity (Wildman–Crippen MR) is 281 cm³/mol. The van der Waals surface area contributed by atoms with E-state index in [9.17, 15) is 0 Å². The lowest BCUT2D eigenvalue weighted by Gasteiger charge is -2.35. The van der Waals surface area contributed by atoms with Gasteiger partial charge in [0.25, 0.3) is 0 Å². The minimum atomic E-state index is -0.573. The lowest BCUT2D eigenvalue weighted by atomic mass is 9.67. The van der Waals surface area contributed by atoms with Crippen molar-refractivity contribution in [1.29, 1.82) is 0 Å². The van der Waals surface area contributed by atoms with Gasteiger partial charge < -0.3 is 13.7 Å². The normalized spacial score (nSPS) is 13.7. The lowest BCUT2D eigenvalue weighted by molar-refractivity contribution is 0.616. The molecule has 0 amide bonds. The first kappa shape index (κ1) is 39.3. The topological polar surface area (TPSA) is 29.5 Å². The summed E-state index contributed by atoms with van der Waals surface area (Å²) in [5.41, 5.74) is 20.7. The molecule has 0 saturated carbocycles. The minimum Gasteiger partial charge on any atom is -0.464 e. The molecule has 3 heteroatoms. The highest BCUT2D eigenvalue weighted by atomic mass is 16.3. The quantitative estimate of drug-likeness (QED) is 0.152. The van der Waals surface area contributed by atoms with Crippen LogP contribution in [0.4, 0.5) is 17.1 Å². The van der Waals surface area contributed by atoms with E-state index in [0.29, 0.717) is 0 Å². The smallest absolute Gasteiger partial charge is 0.143 e. The van der Waals surface area contributed by atoms with Crippen LogP contribution in [0.25, 0.3) is 55.3 Å². The molecule has 2 heterocycles. The first-order valence-electron chi connectivity index (χ1n) is 23.7. The maximum Gasteiger partial charge on any atom is 0.143 e. The Morgan fingerprint density at radius 1 is 0.290 bits per heavy atom. The highest BCUT2D eigenvalue weighted by molar-refractivity contribution is 6.08. The summed E-state index contributed by atoms with van der Waals surface area (Å²) in [4.78, 5) is 2.46. The van der Waals surface area contributed by atoms with Crippen molar-refractivity contribution in [2.24, 2.45) is 0 Å². The van der Waals surface area contributed by atoms with Gasteiger partial charge in [0.1, 0.15) is 11.2 Å². The van der Waals surface area contributed by atoms with Crippen molar-refractivity contribution in [3.63, 3.8) is 0 Å². The molecule has 69 heavy (non-hydrogen) atoms. The third-order valence-corrected chi connectivity index (χ3v) is 15.0. The molecule has 3 nitrogen and oxygen atoms in total. The van der Waals surface area contributed by atoms with Crippen LogP contribution in [0.2, 0.25) is 0 Å². The van der Waals surface area contributed by atoms with Crippen molar-refractivity contribution in [3.8, 4) is 33.4 Å². The van der Waals surface area contributed by atoms with Gasteiger partial charge in [-0.2, -0.15) is 0 Å². The monoisotopic (exact) mass is 881 g/mol. The minimum absolute atomic E-state index is 0.518. The second-order valence-corrected chi connectivity index (χ2v) is 18.3. The third-order valence-electron chi connectivity index (χ3n) is 15.0. The molecule has 2 aliphatic rings. The number of hydrogen-bond acceptors (Lipinski definition) is 3. The summed E-state index contributed by atoms with van der Waals surface area (Å²) < 4.78 is 12.4. The third kappa shape index (κ3) is 5.56. The summed E-state index contributed by atoms with van der Waals surface area (Å²) in [6.45, 7) is 0. The summed E-state index contributed by atoms with van der Waals surface area (Å²) in [6.07, 6.45) is 3.59. The fourth-order valence-corrected chi connectivity index (χ4v) is 12.3. The van der Waals surface area contributed by atoms with Crippen molar-refractivity contribution < 1.29 is 8.83 Å². The van der Waals surface area contributed by atoms with Crippen LogP contribution in [0.3, 0.4) is 0 Å². The van der Waals surface area contributed by atoms with Gasteiger partial charge in [-0.3, -0.25) is 0 Å². The Kier molecular flexibility index (Phi) is 8.71. The van der Waals surface area contributed by atoms with Gasteiger partial charge in [-0.1, -0.05) is 194 Å². The molecule has 0 saturated heterocycles. The molecule has 0 fully saturated rings. The summed E-state index contributed by atoms with van der Waals surface area (Å²) >= 11 is 0. The molecule has 0 aliphatic heterocycles. The molecule has 10 aromatic carbocycles. The predicted octanol–water partition coefficient (Wildman–Crippen LogP) is 17.0. The molecular weight excluding hydrogens is 839 g/mol. The molecule has 0 unspecified atom stereocenters. The second-order valence-electron chi connectivity index (χ2n) is 18.3. The van der Waals surface area contributed by atoms with E-state index >= 15 is 0 Å². The molecule has 12 aromatic rings. The van der Waals surface area contributed by atoms with E-state index in [4.69, 9.17) is 8.83 Å². The molecule has 0 bridgehead atoms. The summed E-state index contributed by atoms with van der Waals surface area (Å²) in [7, 11) is 0. The zero-order chi connectivity index (χ0) is 45.5. The number of fused-ring (bicyclic) bond motifs is 8. The molecule has 2 aromatic heterocycles. The van der Waals surface area contributed by atoms with Gasteiger partial charge in [0.05, 0.1) is 29.0 Å². The molecule has 0 spiro atoms. The van der Waals surface area contributed by atoms with Crippen LogP contribution in [-0.2, 0) is 10.8 Å².